The van der Waals surface area contributed by atoms with Crippen molar-refractivity contribution in [1.82, 2.24) is 4.98 Å². The zero-order valence-electron chi connectivity index (χ0n) is 10.3. The number of rotatable bonds is 7. The first kappa shape index (κ1) is 13.9. The molecule has 1 unspecified atom stereocenters. The molecule has 0 saturated heterocycles. The third kappa shape index (κ3) is 3.67. The molecule has 0 radical (unpaired) electrons. The van der Waals surface area contributed by atoms with Crippen molar-refractivity contribution in [3.8, 4) is 0 Å². The van der Waals surface area contributed by atoms with Crippen LogP contribution >= 0.6 is 11.3 Å². The Bertz CT molecular complexity index is 367. The molecular formula is C11H18N2O3S. The van der Waals surface area contributed by atoms with Crippen LogP contribution in [0.15, 0.2) is 5.38 Å². The fourth-order valence-electron chi connectivity index (χ4n) is 1.41. The van der Waals surface area contributed by atoms with Crippen LogP contribution in [0.3, 0.4) is 0 Å². The van der Waals surface area contributed by atoms with Gasteiger partial charge in [-0.25, -0.2) is 9.78 Å². The summed E-state index contributed by atoms with van der Waals surface area (Å²) in [5.41, 5.74) is 0.107. The van der Waals surface area contributed by atoms with E-state index in [1.165, 1.54) is 11.3 Å². The molecule has 0 amide bonds. The van der Waals surface area contributed by atoms with E-state index in [0.717, 1.165) is 18.1 Å². The van der Waals surface area contributed by atoms with Gasteiger partial charge in [0, 0.05) is 25.1 Å². The van der Waals surface area contributed by atoms with Crippen LogP contribution in [0.25, 0.3) is 0 Å². The van der Waals surface area contributed by atoms with Gasteiger partial charge >= 0.3 is 5.97 Å². The Morgan fingerprint density at radius 3 is 2.88 bits per heavy atom. The lowest BCUT2D eigenvalue weighted by Gasteiger charge is -2.27. The van der Waals surface area contributed by atoms with Crippen LogP contribution in [0.1, 0.15) is 30.8 Å². The highest BCUT2D eigenvalue weighted by Gasteiger charge is 2.18. The van der Waals surface area contributed by atoms with E-state index in [0.29, 0.717) is 12.6 Å². The fraction of sp³-hybridized carbons (Fsp3) is 0.636. The van der Waals surface area contributed by atoms with Gasteiger partial charge in [-0.15, -0.1) is 11.3 Å². The molecule has 0 aromatic carbocycles. The maximum atomic E-state index is 10.8. The van der Waals surface area contributed by atoms with E-state index in [1.807, 2.05) is 0 Å². The molecule has 1 atom stereocenters. The zero-order valence-corrected chi connectivity index (χ0v) is 11.2. The van der Waals surface area contributed by atoms with Crippen LogP contribution in [-0.2, 0) is 4.74 Å². The van der Waals surface area contributed by atoms with Crippen molar-refractivity contribution in [1.29, 1.82) is 0 Å². The van der Waals surface area contributed by atoms with Crippen LogP contribution in [-0.4, -0.2) is 42.4 Å². The molecule has 0 aliphatic heterocycles. The summed E-state index contributed by atoms with van der Waals surface area (Å²) in [5.74, 6) is -0.983. The third-order valence-corrected chi connectivity index (χ3v) is 3.49. The van der Waals surface area contributed by atoms with E-state index >= 15 is 0 Å². The summed E-state index contributed by atoms with van der Waals surface area (Å²) in [6.45, 7) is 5.51. The number of anilines is 1. The number of carbonyl (C=O) groups is 1. The summed E-state index contributed by atoms with van der Waals surface area (Å²) >= 11 is 1.36. The maximum Gasteiger partial charge on any atom is 0.355 e. The minimum atomic E-state index is -0.983. The molecule has 5 nitrogen and oxygen atoms in total. The van der Waals surface area contributed by atoms with Crippen molar-refractivity contribution < 1.29 is 14.6 Å². The second-order valence-corrected chi connectivity index (χ2v) is 4.60. The Morgan fingerprint density at radius 2 is 2.41 bits per heavy atom. The number of nitrogens with zero attached hydrogens (tertiary/aromatic N) is 2. The van der Waals surface area contributed by atoms with Gasteiger partial charge < -0.3 is 14.7 Å². The van der Waals surface area contributed by atoms with Crippen LogP contribution in [0.2, 0.25) is 0 Å². The fourth-order valence-corrected chi connectivity index (χ4v) is 2.34. The van der Waals surface area contributed by atoms with E-state index < -0.39 is 5.97 Å². The highest BCUT2D eigenvalue weighted by atomic mass is 32.1. The summed E-state index contributed by atoms with van der Waals surface area (Å²) in [7, 11) is 1.65. The Labute approximate surface area is 105 Å². The predicted molar refractivity (Wildman–Crippen MR) is 68.0 cm³/mol. The second kappa shape index (κ2) is 6.56. The van der Waals surface area contributed by atoms with Crippen molar-refractivity contribution in [2.75, 3.05) is 25.2 Å². The van der Waals surface area contributed by atoms with Gasteiger partial charge in [0.15, 0.2) is 10.8 Å². The third-order valence-electron chi connectivity index (χ3n) is 2.62. The first-order chi connectivity index (χ1) is 8.10. The van der Waals surface area contributed by atoms with Gasteiger partial charge in [-0.2, -0.15) is 0 Å². The smallest absolute Gasteiger partial charge is 0.355 e. The first-order valence-corrected chi connectivity index (χ1v) is 6.42. The number of thiazole rings is 1. The minimum Gasteiger partial charge on any atom is -0.476 e. The molecule has 1 aromatic rings. The number of carboxylic acids is 1. The lowest BCUT2D eigenvalue weighted by atomic mass is 10.2. The highest BCUT2D eigenvalue weighted by Crippen LogP contribution is 2.23. The Balaban J connectivity index is 2.83. The van der Waals surface area contributed by atoms with E-state index in [9.17, 15) is 4.79 Å². The predicted octanol–water partition coefficient (Wildman–Crippen LogP) is 2.09. The van der Waals surface area contributed by atoms with E-state index in [4.69, 9.17) is 9.84 Å². The molecule has 0 saturated carbocycles. The number of ether oxygens (including phenoxy) is 1. The van der Waals surface area contributed by atoms with Crippen molar-refractivity contribution in [3.63, 3.8) is 0 Å². The lowest BCUT2D eigenvalue weighted by molar-refractivity contribution is 0.0691. The van der Waals surface area contributed by atoms with Gasteiger partial charge in [-0.1, -0.05) is 6.92 Å². The molecule has 0 aliphatic carbocycles. The van der Waals surface area contributed by atoms with Gasteiger partial charge in [-0.3, -0.25) is 0 Å². The second-order valence-electron chi connectivity index (χ2n) is 3.76. The Hall–Kier alpha value is -1.14. The van der Waals surface area contributed by atoms with Gasteiger partial charge in [0.2, 0.25) is 0 Å². The number of carboxylic acid groups (broad SMARTS) is 1. The van der Waals surface area contributed by atoms with E-state index in [2.05, 4.69) is 23.7 Å². The summed E-state index contributed by atoms with van der Waals surface area (Å²) in [4.78, 5) is 17.0. The van der Waals surface area contributed by atoms with Gasteiger partial charge in [0.05, 0.1) is 6.61 Å². The molecule has 6 heteroatoms. The molecular weight excluding hydrogens is 240 g/mol. The first-order valence-electron chi connectivity index (χ1n) is 5.54. The quantitative estimate of drug-likeness (QED) is 0.811. The Kier molecular flexibility index (Phi) is 5.37. The zero-order chi connectivity index (χ0) is 12.8. The molecule has 1 N–H and O–H groups in total. The molecule has 0 spiro atoms. The normalized spacial score (nSPS) is 12.4. The van der Waals surface area contributed by atoms with Gasteiger partial charge in [0.25, 0.3) is 0 Å². The monoisotopic (exact) mass is 258 g/mol. The average Bonchev–Trinajstić information content (AvgIpc) is 2.78. The van der Waals surface area contributed by atoms with Crippen LogP contribution in [0, 0.1) is 0 Å². The molecule has 0 aliphatic rings. The van der Waals surface area contributed by atoms with Crippen LogP contribution in [0.5, 0.6) is 0 Å². The van der Waals surface area contributed by atoms with Crippen molar-refractivity contribution >= 4 is 22.4 Å². The van der Waals surface area contributed by atoms with Crippen molar-refractivity contribution in [2.45, 2.75) is 26.3 Å². The van der Waals surface area contributed by atoms with E-state index in [-0.39, 0.29) is 5.69 Å². The molecule has 96 valence electrons. The summed E-state index contributed by atoms with van der Waals surface area (Å²) < 4.78 is 5.06. The number of hydrogen-bond acceptors (Lipinski definition) is 5. The average molecular weight is 258 g/mol. The molecule has 1 rings (SSSR count). The number of aromatic carboxylic acids is 1. The van der Waals surface area contributed by atoms with Gasteiger partial charge in [-0.05, 0) is 13.3 Å². The summed E-state index contributed by atoms with van der Waals surface area (Å²) in [6.07, 6.45) is 0.978. The number of hydrogen-bond donors (Lipinski definition) is 1. The molecule has 0 bridgehead atoms. The largest absolute Gasteiger partial charge is 0.476 e. The SMILES string of the molecule is CCC(C)N(CCOC)c1nc(C(=O)O)cs1. The minimum absolute atomic E-state index is 0.107. The summed E-state index contributed by atoms with van der Waals surface area (Å²) in [6, 6.07) is 0.318. The van der Waals surface area contributed by atoms with Crippen LogP contribution in [0.4, 0.5) is 5.13 Å². The Morgan fingerprint density at radius 1 is 1.71 bits per heavy atom. The van der Waals surface area contributed by atoms with Gasteiger partial charge in [0.1, 0.15) is 0 Å². The van der Waals surface area contributed by atoms with Crippen LogP contribution < -0.4 is 4.90 Å². The van der Waals surface area contributed by atoms with Crippen molar-refractivity contribution in [3.05, 3.63) is 11.1 Å². The molecule has 0 fully saturated rings. The molecule has 1 aromatic heterocycles. The molecule has 1 heterocycles. The highest BCUT2D eigenvalue weighted by molar-refractivity contribution is 7.13. The van der Waals surface area contributed by atoms with E-state index in [1.54, 1.807) is 12.5 Å². The number of methoxy groups -OCH3 is 1. The molecule has 17 heavy (non-hydrogen) atoms. The maximum absolute atomic E-state index is 10.8. The summed E-state index contributed by atoms with van der Waals surface area (Å²) in [5, 5.41) is 11.2. The standard InChI is InChI=1S/C11H18N2O3S/c1-4-8(2)13(5-6-16-3)11-12-9(7-17-11)10(14)15/h7-8H,4-6H2,1-3H3,(H,14,15). The number of aromatic nitrogens is 1. The topological polar surface area (TPSA) is 62.7 Å². The lowest BCUT2D eigenvalue weighted by Crippen LogP contribution is -2.35. The van der Waals surface area contributed by atoms with Crippen molar-refractivity contribution in [2.24, 2.45) is 0 Å².